The minimum atomic E-state index is 0.353. The van der Waals surface area contributed by atoms with Gasteiger partial charge in [0.2, 0.25) is 0 Å². The van der Waals surface area contributed by atoms with Gasteiger partial charge in [0, 0.05) is 20.1 Å². The second-order valence-electron chi connectivity index (χ2n) is 4.80. The normalized spacial score (nSPS) is 12.2. The lowest BCUT2D eigenvalue weighted by atomic mass is 10.3. The van der Waals surface area contributed by atoms with Crippen molar-refractivity contribution in [2.75, 3.05) is 7.05 Å². The maximum atomic E-state index is 4.62. The van der Waals surface area contributed by atoms with Crippen molar-refractivity contribution < 1.29 is 0 Å². The highest BCUT2D eigenvalue weighted by Gasteiger charge is 2.07. The maximum Gasteiger partial charge on any atom is 0.191 e. The molecule has 0 aliphatic carbocycles. The molecule has 2 rings (SSSR count). The molecular weight excluding hydrogens is 238 g/mol. The molecule has 0 aliphatic rings. The third-order valence-electron chi connectivity index (χ3n) is 2.94. The number of aromatic nitrogens is 2. The molecule has 19 heavy (non-hydrogen) atoms. The standard InChI is InChI=1S/C14H21N5/c1-10(2)17-14(15-3)16-9-13-18-11-7-5-6-8-12(11)19(13)4/h5-8,10H,9H2,1-4H3,(H2,15,16,17). The first-order valence-corrected chi connectivity index (χ1v) is 6.49. The first-order chi connectivity index (χ1) is 9.11. The third kappa shape index (κ3) is 3.05. The molecule has 0 spiro atoms. The molecule has 1 aromatic heterocycles. The van der Waals surface area contributed by atoms with Crippen LogP contribution in [-0.4, -0.2) is 28.6 Å². The van der Waals surface area contributed by atoms with Gasteiger partial charge >= 0.3 is 0 Å². The van der Waals surface area contributed by atoms with Crippen molar-refractivity contribution in [3.8, 4) is 0 Å². The first kappa shape index (κ1) is 13.4. The number of imidazole rings is 1. The first-order valence-electron chi connectivity index (χ1n) is 6.49. The van der Waals surface area contributed by atoms with E-state index in [4.69, 9.17) is 0 Å². The topological polar surface area (TPSA) is 54.2 Å². The molecule has 1 aromatic carbocycles. The van der Waals surface area contributed by atoms with Gasteiger partial charge in [-0.1, -0.05) is 12.1 Å². The number of rotatable bonds is 3. The largest absolute Gasteiger partial charge is 0.354 e. The third-order valence-corrected chi connectivity index (χ3v) is 2.94. The Kier molecular flexibility index (Phi) is 4.04. The second-order valence-corrected chi connectivity index (χ2v) is 4.80. The van der Waals surface area contributed by atoms with Crippen molar-refractivity contribution in [2.45, 2.75) is 26.4 Å². The molecule has 0 fully saturated rings. The molecule has 2 N–H and O–H groups in total. The van der Waals surface area contributed by atoms with Gasteiger partial charge in [-0.2, -0.15) is 0 Å². The Hall–Kier alpha value is -2.04. The monoisotopic (exact) mass is 259 g/mol. The predicted molar refractivity (Wildman–Crippen MR) is 79.2 cm³/mol. The van der Waals surface area contributed by atoms with Gasteiger partial charge in [-0.15, -0.1) is 0 Å². The maximum absolute atomic E-state index is 4.62. The molecule has 0 aliphatic heterocycles. The predicted octanol–water partition coefficient (Wildman–Crippen LogP) is 1.65. The SMILES string of the molecule is CN=C(NCc1nc2ccccc2n1C)NC(C)C. The summed E-state index contributed by atoms with van der Waals surface area (Å²) >= 11 is 0. The summed E-state index contributed by atoms with van der Waals surface area (Å²) in [7, 11) is 3.80. The summed E-state index contributed by atoms with van der Waals surface area (Å²) in [5, 5.41) is 6.53. The molecule has 0 radical (unpaired) electrons. The number of hydrogen-bond acceptors (Lipinski definition) is 2. The van der Waals surface area contributed by atoms with Crippen LogP contribution in [0.1, 0.15) is 19.7 Å². The Morgan fingerprint density at radius 3 is 2.74 bits per heavy atom. The lowest BCUT2D eigenvalue weighted by Gasteiger charge is -2.14. The number of para-hydroxylation sites is 2. The van der Waals surface area contributed by atoms with Crippen LogP contribution >= 0.6 is 0 Å². The zero-order valence-electron chi connectivity index (χ0n) is 11.9. The van der Waals surface area contributed by atoms with Crippen molar-refractivity contribution in [3.05, 3.63) is 30.1 Å². The highest BCUT2D eigenvalue weighted by molar-refractivity contribution is 5.80. The zero-order valence-corrected chi connectivity index (χ0v) is 11.9. The van der Waals surface area contributed by atoms with Gasteiger partial charge in [0.15, 0.2) is 5.96 Å². The van der Waals surface area contributed by atoms with Gasteiger partial charge in [-0.25, -0.2) is 4.98 Å². The van der Waals surface area contributed by atoms with Gasteiger partial charge in [-0.3, -0.25) is 4.99 Å². The van der Waals surface area contributed by atoms with Crippen molar-refractivity contribution in [3.63, 3.8) is 0 Å². The summed E-state index contributed by atoms with van der Waals surface area (Å²) in [5.41, 5.74) is 2.17. The van der Waals surface area contributed by atoms with Crippen molar-refractivity contribution in [1.82, 2.24) is 20.2 Å². The van der Waals surface area contributed by atoms with E-state index in [2.05, 4.69) is 45.1 Å². The lowest BCUT2D eigenvalue weighted by Crippen LogP contribution is -2.40. The highest BCUT2D eigenvalue weighted by atomic mass is 15.2. The van der Waals surface area contributed by atoms with Crippen LogP contribution in [0, 0.1) is 0 Å². The molecule has 0 saturated carbocycles. The van der Waals surface area contributed by atoms with E-state index in [0.717, 1.165) is 22.8 Å². The van der Waals surface area contributed by atoms with Gasteiger partial charge in [-0.05, 0) is 26.0 Å². The van der Waals surface area contributed by atoms with Crippen molar-refractivity contribution in [2.24, 2.45) is 12.0 Å². The summed E-state index contributed by atoms with van der Waals surface area (Å²) in [5.74, 6) is 1.79. The molecule has 0 atom stereocenters. The Bertz CT molecular complexity index is 583. The van der Waals surface area contributed by atoms with Crippen LogP contribution in [0.2, 0.25) is 0 Å². The highest BCUT2D eigenvalue weighted by Crippen LogP contribution is 2.13. The smallest absolute Gasteiger partial charge is 0.191 e. The van der Waals surface area contributed by atoms with Crippen LogP contribution in [0.15, 0.2) is 29.3 Å². The average molecular weight is 259 g/mol. The van der Waals surface area contributed by atoms with E-state index in [9.17, 15) is 0 Å². The van der Waals surface area contributed by atoms with Crippen LogP contribution in [-0.2, 0) is 13.6 Å². The van der Waals surface area contributed by atoms with Crippen LogP contribution in [0.5, 0.6) is 0 Å². The van der Waals surface area contributed by atoms with Crippen LogP contribution in [0.25, 0.3) is 11.0 Å². The van der Waals surface area contributed by atoms with E-state index in [1.54, 1.807) is 7.05 Å². The van der Waals surface area contributed by atoms with Crippen molar-refractivity contribution in [1.29, 1.82) is 0 Å². The second kappa shape index (κ2) is 5.73. The van der Waals surface area contributed by atoms with Crippen LogP contribution in [0.4, 0.5) is 0 Å². The number of fused-ring (bicyclic) bond motifs is 1. The Labute approximate surface area is 113 Å². The Morgan fingerprint density at radius 2 is 2.11 bits per heavy atom. The van der Waals surface area contributed by atoms with Gasteiger partial charge in [0.1, 0.15) is 5.82 Å². The summed E-state index contributed by atoms with van der Waals surface area (Å²) in [4.78, 5) is 8.80. The number of nitrogens with zero attached hydrogens (tertiary/aromatic N) is 3. The molecule has 0 bridgehead atoms. The zero-order chi connectivity index (χ0) is 13.8. The van der Waals surface area contributed by atoms with Crippen molar-refractivity contribution >= 4 is 17.0 Å². The molecule has 5 nitrogen and oxygen atoms in total. The molecule has 1 heterocycles. The van der Waals surface area contributed by atoms with Gasteiger partial charge in [0.05, 0.1) is 17.6 Å². The van der Waals surface area contributed by atoms with Gasteiger partial charge in [0.25, 0.3) is 0 Å². The van der Waals surface area contributed by atoms with E-state index < -0.39 is 0 Å². The van der Waals surface area contributed by atoms with E-state index in [1.807, 2.05) is 25.2 Å². The number of benzene rings is 1. The fourth-order valence-corrected chi connectivity index (χ4v) is 1.98. The molecule has 0 unspecified atom stereocenters. The number of aryl methyl sites for hydroxylation is 1. The fourth-order valence-electron chi connectivity index (χ4n) is 1.98. The quantitative estimate of drug-likeness (QED) is 0.651. The summed E-state index contributed by atoms with van der Waals surface area (Å²) in [6.07, 6.45) is 0. The van der Waals surface area contributed by atoms with E-state index in [1.165, 1.54) is 0 Å². The Morgan fingerprint density at radius 1 is 1.37 bits per heavy atom. The lowest BCUT2D eigenvalue weighted by molar-refractivity contribution is 0.683. The molecule has 5 heteroatoms. The van der Waals surface area contributed by atoms with E-state index in [-0.39, 0.29) is 0 Å². The summed E-state index contributed by atoms with van der Waals surface area (Å²) in [6, 6.07) is 8.49. The number of nitrogens with one attached hydrogen (secondary N) is 2. The molecular formula is C14H21N5. The minimum absolute atomic E-state index is 0.353. The molecule has 0 amide bonds. The molecule has 102 valence electrons. The average Bonchev–Trinajstić information content (AvgIpc) is 2.71. The van der Waals surface area contributed by atoms with Crippen LogP contribution in [0.3, 0.4) is 0 Å². The fraction of sp³-hybridized carbons (Fsp3) is 0.429. The van der Waals surface area contributed by atoms with E-state index in [0.29, 0.717) is 12.6 Å². The Balaban J connectivity index is 2.11. The van der Waals surface area contributed by atoms with Gasteiger partial charge < -0.3 is 15.2 Å². The number of guanidine groups is 1. The van der Waals surface area contributed by atoms with E-state index >= 15 is 0 Å². The minimum Gasteiger partial charge on any atom is -0.354 e. The number of aliphatic imine (C=N–C) groups is 1. The summed E-state index contributed by atoms with van der Waals surface area (Å²) in [6.45, 7) is 4.82. The molecule has 0 saturated heterocycles. The number of hydrogen-bond donors (Lipinski definition) is 2. The molecule has 2 aromatic rings. The summed E-state index contributed by atoms with van der Waals surface area (Å²) < 4.78 is 2.10. The van der Waals surface area contributed by atoms with Crippen LogP contribution < -0.4 is 10.6 Å².